The lowest BCUT2D eigenvalue weighted by Gasteiger charge is -2.05. The number of rotatable bonds is 4. The van der Waals surface area contributed by atoms with E-state index in [2.05, 4.69) is 43.1 Å². The molecule has 0 fully saturated rings. The van der Waals surface area contributed by atoms with Crippen LogP contribution in [0.5, 0.6) is 0 Å². The zero-order chi connectivity index (χ0) is 9.68. The molecule has 1 rings (SSSR count). The standard InChI is InChI=1S/C12H17N/c1-4-11-5-7-12(8-6-11)9-13-10(2)3/h5-8,13H,2,4,9H2,1,3H3. The summed E-state index contributed by atoms with van der Waals surface area (Å²) in [7, 11) is 0. The Morgan fingerprint density at radius 3 is 2.23 bits per heavy atom. The van der Waals surface area contributed by atoms with Crippen LogP contribution in [0.2, 0.25) is 0 Å². The minimum absolute atomic E-state index is 0.874. The predicted molar refractivity (Wildman–Crippen MR) is 57.5 cm³/mol. The van der Waals surface area contributed by atoms with E-state index < -0.39 is 0 Å². The Bertz CT molecular complexity index is 272. The maximum atomic E-state index is 3.79. The molecule has 1 N–H and O–H groups in total. The Hall–Kier alpha value is -1.24. The molecule has 0 amide bonds. The van der Waals surface area contributed by atoms with Crippen LogP contribution in [0.4, 0.5) is 0 Å². The van der Waals surface area contributed by atoms with E-state index >= 15 is 0 Å². The molecule has 0 spiro atoms. The van der Waals surface area contributed by atoms with Crippen LogP contribution in [0.3, 0.4) is 0 Å². The van der Waals surface area contributed by atoms with Gasteiger partial charge in [-0.25, -0.2) is 0 Å². The summed E-state index contributed by atoms with van der Waals surface area (Å²) in [4.78, 5) is 0. The van der Waals surface area contributed by atoms with Gasteiger partial charge in [0, 0.05) is 12.2 Å². The van der Waals surface area contributed by atoms with Crippen molar-refractivity contribution in [2.45, 2.75) is 26.8 Å². The van der Waals surface area contributed by atoms with E-state index in [0.717, 1.165) is 18.7 Å². The first-order valence-electron chi connectivity index (χ1n) is 4.69. The van der Waals surface area contributed by atoms with E-state index in [1.54, 1.807) is 0 Å². The van der Waals surface area contributed by atoms with Gasteiger partial charge in [-0.2, -0.15) is 0 Å². The molecule has 1 aromatic rings. The average Bonchev–Trinajstić information content (AvgIpc) is 2.15. The number of hydrogen-bond acceptors (Lipinski definition) is 1. The van der Waals surface area contributed by atoms with Gasteiger partial charge in [0.15, 0.2) is 0 Å². The maximum Gasteiger partial charge on any atom is 0.0397 e. The molecular formula is C12H17N. The molecule has 0 aliphatic carbocycles. The van der Waals surface area contributed by atoms with Crippen LogP contribution in [-0.2, 0) is 13.0 Å². The van der Waals surface area contributed by atoms with Crippen LogP contribution in [0, 0.1) is 0 Å². The van der Waals surface area contributed by atoms with Gasteiger partial charge >= 0.3 is 0 Å². The Kier molecular flexibility index (Phi) is 3.56. The zero-order valence-electron chi connectivity index (χ0n) is 8.43. The van der Waals surface area contributed by atoms with Crippen molar-refractivity contribution in [3.8, 4) is 0 Å². The van der Waals surface area contributed by atoms with E-state index in [1.165, 1.54) is 11.1 Å². The topological polar surface area (TPSA) is 12.0 Å². The number of aryl methyl sites for hydroxylation is 1. The third-order valence-corrected chi connectivity index (χ3v) is 2.03. The van der Waals surface area contributed by atoms with Gasteiger partial charge in [-0.3, -0.25) is 0 Å². The van der Waals surface area contributed by atoms with E-state index in [9.17, 15) is 0 Å². The van der Waals surface area contributed by atoms with Crippen LogP contribution in [0.15, 0.2) is 36.5 Å². The molecule has 0 aliphatic heterocycles. The Morgan fingerprint density at radius 1 is 1.23 bits per heavy atom. The Morgan fingerprint density at radius 2 is 1.77 bits per heavy atom. The average molecular weight is 175 g/mol. The lowest BCUT2D eigenvalue weighted by atomic mass is 10.1. The van der Waals surface area contributed by atoms with E-state index in [0.29, 0.717) is 0 Å². The first-order valence-corrected chi connectivity index (χ1v) is 4.69. The second kappa shape index (κ2) is 4.70. The molecule has 0 radical (unpaired) electrons. The highest BCUT2D eigenvalue weighted by Gasteiger charge is 1.92. The van der Waals surface area contributed by atoms with Crippen LogP contribution in [-0.4, -0.2) is 0 Å². The maximum absolute atomic E-state index is 3.79. The van der Waals surface area contributed by atoms with Gasteiger partial charge in [-0.05, 0) is 24.5 Å². The molecule has 0 bridgehead atoms. The third-order valence-electron chi connectivity index (χ3n) is 2.03. The summed E-state index contributed by atoms with van der Waals surface area (Å²) >= 11 is 0. The normalized spacial score (nSPS) is 9.69. The quantitative estimate of drug-likeness (QED) is 0.742. The highest BCUT2D eigenvalue weighted by Crippen LogP contribution is 2.04. The Balaban J connectivity index is 2.54. The monoisotopic (exact) mass is 175 g/mol. The fourth-order valence-corrected chi connectivity index (χ4v) is 1.15. The molecule has 0 atom stereocenters. The third kappa shape index (κ3) is 3.32. The second-order valence-electron chi connectivity index (χ2n) is 3.30. The number of hydrogen-bond donors (Lipinski definition) is 1. The number of allylic oxidation sites excluding steroid dienone is 1. The van der Waals surface area contributed by atoms with Crippen molar-refractivity contribution in [1.82, 2.24) is 5.32 Å². The lowest BCUT2D eigenvalue weighted by molar-refractivity contribution is 0.815. The van der Waals surface area contributed by atoms with Gasteiger partial charge in [-0.1, -0.05) is 37.8 Å². The van der Waals surface area contributed by atoms with Crippen LogP contribution < -0.4 is 5.32 Å². The van der Waals surface area contributed by atoms with Crippen molar-refractivity contribution in [2.75, 3.05) is 0 Å². The van der Waals surface area contributed by atoms with Crippen molar-refractivity contribution in [2.24, 2.45) is 0 Å². The lowest BCUT2D eigenvalue weighted by Crippen LogP contribution is -2.08. The SMILES string of the molecule is C=C(C)NCc1ccc(CC)cc1. The van der Waals surface area contributed by atoms with E-state index in [1.807, 2.05) is 6.92 Å². The summed E-state index contributed by atoms with van der Waals surface area (Å²) in [5.74, 6) is 0. The van der Waals surface area contributed by atoms with Crippen LogP contribution in [0.25, 0.3) is 0 Å². The van der Waals surface area contributed by atoms with Crippen molar-refractivity contribution >= 4 is 0 Å². The summed E-state index contributed by atoms with van der Waals surface area (Å²) in [6.45, 7) is 8.81. The van der Waals surface area contributed by atoms with Crippen LogP contribution in [0.1, 0.15) is 25.0 Å². The molecule has 1 aromatic carbocycles. The van der Waals surface area contributed by atoms with Crippen molar-refractivity contribution in [3.63, 3.8) is 0 Å². The Labute approximate surface area is 80.5 Å². The second-order valence-corrected chi connectivity index (χ2v) is 3.30. The molecule has 1 heteroatoms. The predicted octanol–water partition coefficient (Wildman–Crippen LogP) is 2.87. The fourth-order valence-electron chi connectivity index (χ4n) is 1.15. The molecule has 0 unspecified atom stereocenters. The summed E-state index contributed by atoms with van der Waals surface area (Å²) < 4.78 is 0. The molecule has 70 valence electrons. The highest BCUT2D eigenvalue weighted by molar-refractivity contribution is 5.22. The van der Waals surface area contributed by atoms with E-state index in [-0.39, 0.29) is 0 Å². The van der Waals surface area contributed by atoms with Crippen molar-refractivity contribution < 1.29 is 0 Å². The first kappa shape index (κ1) is 9.85. The number of nitrogens with one attached hydrogen (secondary N) is 1. The molecule has 13 heavy (non-hydrogen) atoms. The van der Waals surface area contributed by atoms with Gasteiger partial charge < -0.3 is 5.32 Å². The van der Waals surface area contributed by atoms with E-state index in [4.69, 9.17) is 0 Å². The first-order chi connectivity index (χ1) is 6.22. The smallest absolute Gasteiger partial charge is 0.0397 e. The van der Waals surface area contributed by atoms with Crippen LogP contribution >= 0.6 is 0 Å². The van der Waals surface area contributed by atoms with Crippen molar-refractivity contribution in [1.29, 1.82) is 0 Å². The molecule has 1 nitrogen and oxygen atoms in total. The molecular weight excluding hydrogens is 158 g/mol. The summed E-state index contributed by atoms with van der Waals surface area (Å²) in [5.41, 5.74) is 3.71. The van der Waals surface area contributed by atoms with Gasteiger partial charge in [0.1, 0.15) is 0 Å². The zero-order valence-corrected chi connectivity index (χ0v) is 8.43. The summed E-state index contributed by atoms with van der Waals surface area (Å²) in [5, 5.41) is 3.20. The molecule has 0 saturated carbocycles. The van der Waals surface area contributed by atoms with Crippen molar-refractivity contribution in [3.05, 3.63) is 47.7 Å². The molecule has 0 saturated heterocycles. The fraction of sp³-hybridized carbons (Fsp3) is 0.333. The number of benzene rings is 1. The minimum atomic E-state index is 0.874. The summed E-state index contributed by atoms with van der Waals surface area (Å²) in [6, 6.07) is 8.68. The molecule has 0 aromatic heterocycles. The van der Waals surface area contributed by atoms with Gasteiger partial charge in [0.05, 0.1) is 0 Å². The van der Waals surface area contributed by atoms with Gasteiger partial charge in [-0.15, -0.1) is 0 Å². The van der Waals surface area contributed by atoms with Gasteiger partial charge in [0.25, 0.3) is 0 Å². The van der Waals surface area contributed by atoms with Gasteiger partial charge in [0.2, 0.25) is 0 Å². The highest BCUT2D eigenvalue weighted by atomic mass is 14.9. The minimum Gasteiger partial charge on any atom is -0.385 e. The molecule has 0 heterocycles. The molecule has 0 aliphatic rings. The summed E-state index contributed by atoms with van der Waals surface area (Å²) in [6.07, 6.45) is 1.11. The largest absolute Gasteiger partial charge is 0.385 e.